The summed E-state index contributed by atoms with van der Waals surface area (Å²) in [6.07, 6.45) is 0. The third-order valence-electron chi connectivity index (χ3n) is 0.875. The van der Waals surface area contributed by atoms with E-state index in [1.807, 2.05) is 0 Å². The molecule has 0 rings (SSSR count). The van der Waals surface area contributed by atoms with E-state index in [1.165, 1.54) is 0 Å². The minimum absolute atomic E-state index is 0.560. The first-order valence-electron chi connectivity index (χ1n) is 2.63. The number of hydrogen-bond acceptors (Lipinski definition) is 2. The number of rotatable bonds is 2. The molecule has 0 aromatic heterocycles. The molecule has 0 aromatic rings. The zero-order chi connectivity index (χ0) is 7.65. The van der Waals surface area contributed by atoms with Crippen molar-refractivity contribution in [1.82, 2.24) is 0 Å². The predicted molar refractivity (Wildman–Crippen MR) is 36.0 cm³/mol. The third kappa shape index (κ3) is 2.65. The van der Waals surface area contributed by atoms with E-state index in [4.69, 9.17) is 5.11 Å². The molecule has 0 saturated heterocycles. The van der Waals surface area contributed by atoms with Gasteiger partial charge in [-0.15, -0.1) is 0 Å². The van der Waals surface area contributed by atoms with Gasteiger partial charge in [-0.1, -0.05) is 0 Å². The molecule has 9 heavy (non-hydrogen) atoms. The molecule has 0 spiro atoms. The Morgan fingerprint density at radius 1 is 1.22 bits per heavy atom. The van der Waals surface area contributed by atoms with Crippen LogP contribution in [-0.4, -0.2) is 29.0 Å². The van der Waals surface area contributed by atoms with Crippen molar-refractivity contribution in [1.29, 1.82) is 0 Å². The maximum absolute atomic E-state index is 10.6. The van der Waals surface area contributed by atoms with E-state index >= 15 is 0 Å². The summed E-state index contributed by atoms with van der Waals surface area (Å²) in [6, 6.07) is 0. The Morgan fingerprint density at radius 3 is 1.56 bits per heavy atom. The third-order valence-corrected chi connectivity index (χ3v) is 4.18. The van der Waals surface area contributed by atoms with Crippen LogP contribution in [0.15, 0.2) is 0 Å². The molecule has 3 nitrogen and oxygen atoms in total. The molecule has 0 fully saturated rings. The van der Waals surface area contributed by atoms with Gasteiger partial charge in [0.25, 0.3) is 0 Å². The molecule has 0 bridgehead atoms. The summed E-state index contributed by atoms with van der Waals surface area (Å²) in [5.41, 5.74) is 0. The van der Waals surface area contributed by atoms with Crippen molar-refractivity contribution in [2.75, 3.05) is 0 Å². The van der Waals surface area contributed by atoms with Crippen LogP contribution >= 0.6 is 0 Å². The minimum atomic E-state index is -2.52. The van der Waals surface area contributed by atoms with Crippen LogP contribution in [0.5, 0.6) is 0 Å². The standard InChI is InChI=1S/C5H10GeO3/c1-6(2,3)4(7)5(8)9/h1-3H3,(H,8,9). The van der Waals surface area contributed by atoms with Crippen LogP contribution in [0.2, 0.25) is 17.3 Å². The molecule has 4 heteroatoms. The van der Waals surface area contributed by atoms with Crippen LogP contribution in [0.1, 0.15) is 0 Å². The van der Waals surface area contributed by atoms with Gasteiger partial charge in [0.2, 0.25) is 0 Å². The van der Waals surface area contributed by atoms with Gasteiger partial charge in [0, 0.05) is 0 Å². The number of carboxylic acid groups (broad SMARTS) is 1. The normalized spacial score (nSPS) is 11.0. The van der Waals surface area contributed by atoms with Gasteiger partial charge in [0.15, 0.2) is 0 Å². The SMILES string of the molecule is [CH3][Ge]([CH3])([CH3])[C](=O)C(=O)O. The van der Waals surface area contributed by atoms with Crippen molar-refractivity contribution in [2.24, 2.45) is 0 Å². The molecule has 0 heterocycles. The summed E-state index contributed by atoms with van der Waals surface area (Å²) in [5, 5.41) is 8.21. The molecular weight excluding hydrogens is 181 g/mol. The molecule has 0 saturated carbocycles. The zero-order valence-corrected chi connectivity index (χ0v) is 7.86. The van der Waals surface area contributed by atoms with E-state index in [-0.39, 0.29) is 0 Å². The Bertz CT molecular complexity index is 145. The molecule has 0 aliphatic rings. The van der Waals surface area contributed by atoms with Crippen LogP contribution in [0.25, 0.3) is 0 Å². The van der Waals surface area contributed by atoms with Crippen LogP contribution in [-0.2, 0) is 9.59 Å². The number of carbonyl (C=O) groups is 2. The Hall–Kier alpha value is -0.317. The molecular formula is C5H10GeO3. The van der Waals surface area contributed by atoms with Gasteiger partial charge in [0.05, 0.1) is 0 Å². The molecule has 1 N–H and O–H groups in total. The van der Waals surface area contributed by atoms with E-state index in [1.54, 1.807) is 17.3 Å². The first-order chi connectivity index (χ1) is 3.85. The Kier molecular flexibility index (Phi) is 2.43. The second-order valence-electron chi connectivity index (χ2n) is 2.88. The van der Waals surface area contributed by atoms with Gasteiger partial charge in [-0.3, -0.25) is 0 Å². The first-order valence-corrected chi connectivity index (χ1v) is 9.98. The second-order valence-corrected chi connectivity index (χ2v) is 13.3. The summed E-state index contributed by atoms with van der Waals surface area (Å²) < 4.78 is -0.560. The topological polar surface area (TPSA) is 54.4 Å². The molecule has 0 aromatic carbocycles. The number of hydrogen-bond donors (Lipinski definition) is 1. The van der Waals surface area contributed by atoms with Crippen molar-refractivity contribution in [3.63, 3.8) is 0 Å². The fourth-order valence-corrected chi connectivity index (χ4v) is 1.67. The molecule has 0 amide bonds. The molecule has 52 valence electrons. The van der Waals surface area contributed by atoms with Gasteiger partial charge in [-0.05, 0) is 0 Å². The van der Waals surface area contributed by atoms with Crippen molar-refractivity contribution in [2.45, 2.75) is 17.3 Å². The number of aliphatic carboxylic acids is 1. The van der Waals surface area contributed by atoms with Gasteiger partial charge >= 0.3 is 55.8 Å². The summed E-state index contributed by atoms with van der Waals surface area (Å²) in [4.78, 5) is 20.7. The van der Waals surface area contributed by atoms with Crippen molar-refractivity contribution in [3.05, 3.63) is 0 Å². The maximum atomic E-state index is 10.6. The van der Waals surface area contributed by atoms with Gasteiger partial charge in [0.1, 0.15) is 0 Å². The first kappa shape index (κ1) is 8.68. The van der Waals surface area contributed by atoms with E-state index in [0.29, 0.717) is 0 Å². The summed E-state index contributed by atoms with van der Waals surface area (Å²) in [5.74, 6) is 4.01. The van der Waals surface area contributed by atoms with Crippen molar-refractivity contribution >= 4 is 23.9 Å². The summed E-state index contributed by atoms with van der Waals surface area (Å²) in [7, 11) is 0. The van der Waals surface area contributed by atoms with Gasteiger partial charge in [-0.2, -0.15) is 0 Å². The zero-order valence-electron chi connectivity index (χ0n) is 5.76. The van der Waals surface area contributed by atoms with Gasteiger partial charge < -0.3 is 0 Å². The fourth-order valence-electron chi connectivity index (χ4n) is 0.321. The Morgan fingerprint density at radius 2 is 1.56 bits per heavy atom. The van der Waals surface area contributed by atoms with Crippen LogP contribution in [0.3, 0.4) is 0 Å². The average molecular weight is 191 g/mol. The van der Waals surface area contributed by atoms with E-state index < -0.39 is 23.9 Å². The second kappa shape index (κ2) is 2.51. The molecule has 0 aliphatic heterocycles. The summed E-state index contributed by atoms with van der Waals surface area (Å²) in [6.45, 7) is 0. The molecule has 0 aliphatic carbocycles. The number of carboxylic acids is 1. The fraction of sp³-hybridized carbons (Fsp3) is 0.600. The predicted octanol–water partition coefficient (Wildman–Crippen LogP) is 0.517. The van der Waals surface area contributed by atoms with Crippen molar-refractivity contribution in [3.8, 4) is 0 Å². The van der Waals surface area contributed by atoms with Crippen LogP contribution in [0, 0.1) is 0 Å². The Labute approximate surface area is 56.4 Å². The van der Waals surface area contributed by atoms with Crippen LogP contribution < -0.4 is 0 Å². The van der Waals surface area contributed by atoms with Crippen LogP contribution in [0.4, 0.5) is 0 Å². The van der Waals surface area contributed by atoms with Crippen molar-refractivity contribution < 1.29 is 14.7 Å². The van der Waals surface area contributed by atoms with E-state index in [2.05, 4.69) is 0 Å². The van der Waals surface area contributed by atoms with E-state index in [0.717, 1.165) is 0 Å². The average Bonchev–Trinajstić information content (AvgIpc) is 1.62. The molecule has 0 unspecified atom stereocenters. The van der Waals surface area contributed by atoms with Gasteiger partial charge in [-0.25, -0.2) is 0 Å². The Balaban J connectivity index is 4.23. The molecule has 0 radical (unpaired) electrons. The summed E-state index contributed by atoms with van der Waals surface area (Å²) >= 11 is -2.52. The quantitative estimate of drug-likeness (QED) is 0.510. The molecule has 0 atom stereocenters. The van der Waals surface area contributed by atoms with E-state index in [9.17, 15) is 9.59 Å². The monoisotopic (exact) mass is 192 g/mol. The number of carbonyl (C=O) groups excluding carboxylic acids is 1.